The molecule has 142 valence electrons. The van der Waals surface area contributed by atoms with E-state index in [0.717, 1.165) is 32.5 Å². The van der Waals surface area contributed by atoms with Gasteiger partial charge < -0.3 is 9.47 Å². The molecule has 0 spiro atoms. The van der Waals surface area contributed by atoms with Crippen LogP contribution in [0.2, 0.25) is 0 Å². The van der Waals surface area contributed by atoms with Crippen LogP contribution >= 0.6 is 12.4 Å². The summed E-state index contributed by atoms with van der Waals surface area (Å²) in [6.07, 6.45) is 6.77. The molecule has 6 heteroatoms. The number of halogens is 1. The van der Waals surface area contributed by atoms with Crippen LogP contribution in [-0.4, -0.2) is 43.8 Å². The topological polar surface area (TPSA) is 50.8 Å². The van der Waals surface area contributed by atoms with Crippen molar-refractivity contribution in [2.24, 2.45) is 0 Å². The molecule has 0 saturated carbocycles. The van der Waals surface area contributed by atoms with Crippen LogP contribution in [0.4, 0.5) is 10.5 Å². The van der Waals surface area contributed by atoms with Gasteiger partial charge in [0.1, 0.15) is 12.4 Å². The monoisotopic (exact) mass is 370 g/mol. The summed E-state index contributed by atoms with van der Waals surface area (Å²) in [6, 6.07) is 7.47. The van der Waals surface area contributed by atoms with Gasteiger partial charge in [-0.05, 0) is 44.5 Å². The van der Waals surface area contributed by atoms with Crippen LogP contribution in [0.3, 0.4) is 0 Å². The van der Waals surface area contributed by atoms with Gasteiger partial charge in [-0.1, -0.05) is 38.3 Å². The molecule has 1 aromatic rings. The van der Waals surface area contributed by atoms with Crippen LogP contribution in [0.1, 0.15) is 45.4 Å². The van der Waals surface area contributed by atoms with Crippen molar-refractivity contribution >= 4 is 24.2 Å². The van der Waals surface area contributed by atoms with Crippen molar-refractivity contribution in [2.45, 2.75) is 45.4 Å². The van der Waals surface area contributed by atoms with Crippen molar-refractivity contribution in [3.05, 3.63) is 24.3 Å². The fourth-order valence-corrected chi connectivity index (χ4v) is 2.80. The van der Waals surface area contributed by atoms with Crippen molar-refractivity contribution in [1.82, 2.24) is 4.90 Å². The highest BCUT2D eigenvalue weighted by atomic mass is 35.5. The number of benzene rings is 1. The highest BCUT2D eigenvalue weighted by molar-refractivity contribution is 5.86. The summed E-state index contributed by atoms with van der Waals surface area (Å²) in [5.41, 5.74) is 0.661. The second-order valence-electron chi connectivity index (χ2n) is 6.21. The lowest BCUT2D eigenvalue weighted by atomic mass is 10.2. The van der Waals surface area contributed by atoms with E-state index < -0.39 is 6.09 Å². The van der Waals surface area contributed by atoms with Crippen molar-refractivity contribution in [2.75, 3.05) is 38.2 Å². The normalized spacial score (nSPS) is 14.9. The zero-order valence-corrected chi connectivity index (χ0v) is 16.0. The van der Waals surface area contributed by atoms with Crippen molar-refractivity contribution in [3.8, 4) is 5.75 Å². The zero-order valence-electron chi connectivity index (χ0n) is 15.2. The Morgan fingerprint density at radius 1 is 1.12 bits per heavy atom. The lowest BCUT2D eigenvalue weighted by Crippen LogP contribution is -2.30. The number of likely N-dealkylation sites (tertiary alicyclic amines) is 1. The lowest BCUT2D eigenvalue weighted by molar-refractivity contribution is 0.140. The summed E-state index contributed by atoms with van der Waals surface area (Å²) >= 11 is 0. The van der Waals surface area contributed by atoms with Gasteiger partial charge in [0.05, 0.1) is 12.3 Å². The molecule has 2 rings (SSSR count). The van der Waals surface area contributed by atoms with E-state index in [2.05, 4.69) is 17.1 Å². The molecule has 0 bridgehead atoms. The number of rotatable bonds is 8. The molecule has 25 heavy (non-hydrogen) atoms. The maximum atomic E-state index is 12.0. The molecule has 0 unspecified atom stereocenters. The van der Waals surface area contributed by atoms with Gasteiger partial charge in [-0.3, -0.25) is 10.2 Å². The second-order valence-corrected chi connectivity index (χ2v) is 6.21. The first kappa shape index (κ1) is 21.6. The van der Waals surface area contributed by atoms with Gasteiger partial charge in [0.25, 0.3) is 0 Å². The molecular formula is C19H31ClN2O3. The predicted octanol–water partition coefficient (Wildman–Crippen LogP) is 4.71. The van der Waals surface area contributed by atoms with Crippen LogP contribution in [0.25, 0.3) is 0 Å². The summed E-state index contributed by atoms with van der Waals surface area (Å²) in [5, 5.41) is 2.78. The van der Waals surface area contributed by atoms with Crippen molar-refractivity contribution in [3.63, 3.8) is 0 Å². The molecule has 0 aliphatic carbocycles. The van der Waals surface area contributed by atoms with Crippen LogP contribution < -0.4 is 10.1 Å². The van der Waals surface area contributed by atoms with Gasteiger partial charge in [0, 0.05) is 6.54 Å². The number of hydrogen-bond acceptors (Lipinski definition) is 4. The van der Waals surface area contributed by atoms with Crippen molar-refractivity contribution in [1.29, 1.82) is 0 Å². The quantitative estimate of drug-likeness (QED) is 0.673. The Labute approximate surface area is 157 Å². The van der Waals surface area contributed by atoms with Gasteiger partial charge >= 0.3 is 6.09 Å². The number of amides is 1. The summed E-state index contributed by atoms with van der Waals surface area (Å²) in [7, 11) is 0. The van der Waals surface area contributed by atoms with Crippen molar-refractivity contribution < 1.29 is 14.3 Å². The van der Waals surface area contributed by atoms with Crippen LogP contribution in [0.5, 0.6) is 5.75 Å². The maximum absolute atomic E-state index is 12.0. The molecule has 5 nitrogen and oxygen atoms in total. The van der Waals surface area contributed by atoms with Crippen LogP contribution in [0.15, 0.2) is 24.3 Å². The molecule has 1 N–H and O–H groups in total. The molecule has 1 amide bonds. The molecular weight excluding hydrogens is 340 g/mol. The largest absolute Gasteiger partial charge is 0.491 e. The van der Waals surface area contributed by atoms with E-state index in [-0.39, 0.29) is 12.4 Å². The Morgan fingerprint density at radius 3 is 2.56 bits per heavy atom. The summed E-state index contributed by atoms with van der Waals surface area (Å²) in [4.78, 5) is 14.4. The van der Waals surface area contributed by atoms with E-state index in [4.69, 9.17) is 9.47 Å². The molecule has 1 fully saturated rings. The first-order valence-electron chi connectivity index (χ1n) is 9.17. The minimum Gasteiger partial charge on any atom is -0.491 e. The fourth-order valence-electron chi connectivity index (χ4n) is 2.80. The van der Waals surface area contributed by atoms with E-state index in [9.17, 15) is 4.79 Å². The number of hydrogen-bond donors (Lipinski definition) is 1. The highest BCUT2D eigenvalue weighted by Crippen LogP contribution is 2.24. The zero-order chi connectivity index (χ0) is 17.0. The summed E-state index contributed by atoms with van der Waals surface area (Å²) in [6.45, 7) is 6.22. The molecule has 0 aromatic heterocycles. The number of para-hydroxylation sites is 2. The number of anilines is 1. The second kappa shape index (κ2) is 12.8. The van der Waals surface area contributed by atoms with Gasteiger partial charge in [-0.25, -0.2) is 4.79 Å². The SMILES string of the molecule is CCCCOc1ccccc1NC(=O)OCCN1CCCCCC1.Cl. The third-order valence-corrected chi connectivity index (χ3v) is 4.22. The van der Waals surface area contributed by atoms with Gasteiger partial charge in [0.15, 0.2) is 0 Å². The third-order valence-electron chi connectivity index (χ3n) is 4.22. The standard InChI is InChI=1S/C19H30N2O3.ClH/c1-2-3-15-23-18-11-7-6-10-17(18)20-19(22)24-16-14-21-12-8-4-5-9-13-21;/h6-7,10-11H,2-5,8-9,12-16H2,1H3,(H,20,22);1H. The first-order chi connectivity index (χ1) is 11.8. The molecule has 1 saturated heterocycles. The lowest BCUT2D eigenvalue weighted by Gasteiger charge is -2.19. The Bertz CT molecular complexity index is 491. The molecule has 1 aliphatic heterocycles. The van der Waals surface area contributed by atoms with Gasteiger partial charge in [-0.15, -0.1) is 12.4 Å². The highest BCUT2D eigenvalue weighted by Gasteiger charge is 2.11. The predicted molar refractivity (Wildman–Crippen MR) is 104 cm³/mol. The molecule has 1 heterocycles. The first-order valence-corrected chi connectivity index (χ1v) is 9.17. The maximum Gasteiger partial charge on any atom is 0.411 e. The van der Waals surface area contributed by atoms with Crippen LogP contribution in [-0.2, 0) is 4.74 Å². The Hall–Kier alpha value is -1.46. The number of nitrogens with one attached hydrogen (secondary N) is 1. The number of unbranched alkanes of at least 4 members (excludes halogenated alkanes) is 1. The Kier molecular flexibility index (Phi) is 11.1. The van der Waals surface area contributed by atoms with Gasteiger partial charge in [-0.2, -0.15) is 0 Å². The number of carbonyl (C=O) groups excluding carboxylic acids is 1. The average Bonchev–Trinajstić information content (AvgIpc) is 2.85. The summed E-state index contributed by atoms with van der Waals surface area (Å²) < 4.78 is 11.0. The number of carbonyl (C=O) groups is 1. The number of nitrogens with zero attached hydrogens (tertiary/aromatic N) is 1. The van der Waals surface area contributed by atoms with Crippen LogP contribution in [0, 0.1) is 0 Å². The van der Waals surface area contributed by atoms with E-state index in [1.54, 1.807) is 0 Å². The third kappa shape index (κ3) is 8.45. The minimum absolute atomic E-state index is 0. The van der Waals surface area contributed by atoms with E-state index >= 15 is 0 Å². The Balaban J connectivity index is 0.00000312. The molecule has 0 atom stereocenters. The van der Waals surface area contributed by atoms with E-state index in [1.165, 1.54) is 25.7 Å². The fraction of sp³-hybridized carbons (Fsp3) is 0.632. The van der Waals surface area contributed by atoms with E-state index in [1.807, 2.05) is 24.3 Å². The molecule has 1 aromatic carbocycles. The molecule has 0 radical (unpaired) electrons. The smallest absolute Gasteiger partial charge is 0.411 e. The van der Waals surface area contributed by atoms with Gasteiger partial charge in [0.2, 0.25) is 0 Å². The van der Waals surface area contributed by atoms with E-state index in [0.29, 0.717) is 24.7 Å². The summed E-state index contributed by atoms with van der Waals surface area (Å²) in [5.74, 6) is 0.690. The molecule has 1 aliphatic rings. The number of ether oxygens (including phenoxy) is 2. The Morgan fingerprint density at radius 2 is 1.84 bits per heavy atom. The minimum atomic E-state index is -0.420. The average molecular weight is 371 g/mol.